The van der Waals surface area contributed by atoms with Crippen molar-refractivity contribution in [2.45, 2.75) is 19.2 Å². The summed E-state index contributed by atoms with van der Waals surface area (Å²) in [6.45, 7) is 4.47. The molecule has 0 radical (unpaired) electrons. The Morgan fingerprint density at radius 1 is 1.10 bits per heavy atom. The fourth-order valence-electron chi connectivity index (χ4n) is 3.81. The maximum Gasteiger partial charge on any atom is 0.263 e. The summed E-state index contributed by atoms with van der Waals surface area (Å²) in [6.07, 6.45) is 0.213. The lowest BCUT2D eigenvalue weighted by Gasteiger charge is -2.33. The van der Waals surface area contributed by atoms with E-state index in [1.54, 1.807) is 24.3 Å². The van der Waals surface area contributed by atoms with Crippen molar-refractivity contribution < 1.29 is 22.7 Å². The topological polar surface area (TPSA) is 88.2 Å². The summed E-state index contributed by atoms with van der Waals surface area (Å²) in [7, 11) is -3.53. The molecule has 1 unspecified atom stereocenters. The minimum Gasteiger partial charge on any atom is -0.476 e. The van der Waals surface area contributed by atoms with Crippen molar-refractivity contribution in [3.8, 4) is 5.75 Å². The summed E-state index contributed by atoms with van der Waals surface area (Å²) >= 11 is 0. The van der Waals surface area contributed by atoms with Crippen molar-refractivity contribution in [1.82, 2.24) is 10.2 Å². The molecule has 0 spiro atoms. The van der Waals surface area contributed by atoms with Crippen LogP contribution in [0.15, 0.2) is 48.5 Å². The maximum absolute atomic E-state index is 12.8. The van der Waals surface area contributed by atoms with Gasteiger partial charge in [0.2, 0.25) is 10.0 Å². The van der Waals surface area contributed by atoms with Crippen LogP contribution in [0.5, 0.6) is 5.75 Å². The third-order valence-electron chi connectivity index (χ3n) is 5.40. The van der Waals surface area contributed by atoms with E-state index in [-0.39, 0.29) is 12.5 Å². The quantitative estimate of drug-likeness (QED) is 0.723. The predicted octanol–water partition coefficient (Wildman–Crippen LogP) is 1.36. The van der Waals surface area contributed by atoms with Crippen LogP contribution in [0.2, 0.25) is 0 Å². The molecule has 2 aliphatic heterocycles. The van der Waals surface area contributed by atoms with E-state index >= 15 is 0 Å². The van der Waals surface area contributed by atoms with Gasteiger partial charge in [0.1, 0.15) is 5.75 Å². The Labute approximate surface area is 182 Å². The van der Waals surface area contributed by atoms with Gasteiger partial charge in [-0.25, -0.2) is 8.42 Å². The molecular weight excluding hydrogens is 418 g/mol. The van der Waals surface area contributed by atoms with Gasteiger partial charge in [0.05, 0.1) is 31.7 Å². The highest BCUT2D eigenvalue weighted by Gasteiger charge is 2.34. The molecule has 0 aliphatic carbocycles. The number of nitrogens with one attached hydrogen (secondary N) is 1. The highest BCUT2D eigenvalue weighted by molar-refractivity contribution is 7.92. The predicted molar refractivity (Wildman–Crippen MR) is 117 cm³/mol. The molecule has 166 valence electrons. The zero-order valence-corrected chi connectivity index (χ0v) is 18.3. The number of hydrogen-bond acceptors (Lipinski definition) is 6. The number of para-hydroxylation sites is 2. The molecule has 4 rings (SSSR count). The number of fused-ring (bicyclic) bond motifs is 1. The van der Waals surface area contributed by atoms with Crippen LogP contribution in [0.25, 0.3) is 0 Å². The van der Waals surface area contributed by atoms with Crippen molar-refractivity contribution in [3.05, 3.63) is 59.7 Å². The van der Waals surface area contributed by atoms with Gasteiger partial charge in [-0.3, -0.25) is 14.0 Å². The Balaban J connectivity index is 1.39. The molecule has 1 amide bonds. The van der Waals surface area contributed by atoms with Crippen LogP contribution in [0.1, 0.15) is 11.1 Å². The van der Waals surface area contributed by atoms with Gasteiger partial charge in [0.25, 0.3) is 5.91 Å². The molecule has 1 N–H and O–H groups in total. The standard InChI is InChI=1S/C22H27N3O5S/c1-31(27,28)25-16-21(30-20-8-3-2-7-19(20)25)22(26)23-14-17-5-4-6-18(13-17)15-24-9-11-29-12-10-24/h2-8,13,21H,9-12,14-16H2,1H3,(H,23,26). The van der Waals surface area contributed by atoms with Crippen LogP contribution in [-0.4, -0.2) is 64.4 Å². The number of morpholine rings is 1. The first kappa shape index (κ1) is 21.6. The van der Waals surface area contributed by atoms with Crippen LogP contribution in [0.4, 0.5) is 5.69 Å². The number of carbonyl (C=O) groups is 1. The molecule has 31 heavy (non-hydrogen) atoms. The first-order chi connectivity index (χ1) is 14.9. The van der Waals surface area contributed by atoms with Crippen molar-refractivity contribution in [3.63, 3.8) is 0 Å². The van der Waals surface area contributed by atoms with Crippen molar-refractivity contribution in [2.75, 3.05) is 43.4 Å². The molecular formula is C22H27N3O5S. The molecule has 0 bridgehead atoms. The van der Waals surface area contributed by atoms with E-state index in [2.05, 4.69) is 22.3 Å². The van der Waals surface area contributed by atoms with E-state index in [9.17, 15) is 13.2 Å². The van der Waals surface area contributed by atoms with Gasteiger partial charge in [-0.15, -0.1) is 0 Å². The lowest BCUT2D eigenvalue weighted by atomic mass is 10.1. The normalized spacial score (nSPS) is 19.4. The molecule has 2 heterocycles. The van der Waals surface area contributed by atoms with Crippen LogP contribution in [0.3, 0.4) is 0 Å². The number of sulfonamides is 1. The molecule has 2 aliphatic rings. The van der Waals surface area contributed by atoms with E-state index in [1.165, 1.54) is 9.87 Å². The first-order valence-electron chi connectivity index (χ1n) is 10.3. The molecule has 8 nitrogen and oxygen atoms in total. The lowest BCUT2D eigenvalue weighted by Crippen LogP contribution is -2.50. The van der Waals surface area contributed by atoms with Crippen LogP contribution < -0.4 is 14.4 Å². The second kappa shape index (κ2) is 9.25. The molecule has 1 atom stereocenters. The van der Waals surface area contributed by atoms with Crippen molar-refractivity contribution >= 4 is 21.6 Å². The zero-order valence-electron chi connectivity index (χ0n) is 17.5. The highest BCUT2D eigenvalue weighted by Crippen LogP contribution is 2.34. The number of ether oxygens (including phenoxy) is 2. The van der Waals surface area contributed by atoms with Gasteiger partial charge in [0.15, 0.2) is 6.10 Å². The van der Waals surface area contributed by atoms with Crippen molar-refractivity contribution in [1.29, 1.82) is 0 Å². The average molecular weight is 446 g/mol. The van der Waals surface area contributed by atoms with Gasteiger partial charge in [-0.1, -0.05) is 36.4 Å². The molecule has 9 heteroatoms. The van der Waals surface area contributed by atoms with E-state index < -0.39 is 16.1 Å². The van der Waals surface area contributed by atoms with Gasteiger partial charge >= 0.3 is 0 Å². The Bertz CT molecular complexity index is 1040. The smallest absolute Gasteiger partial charge is 0.263 e. The Kier molecular flexibility index (Phi) is 6.45. The van der Waals surface area contributed by atoms with E-state index in [0.717, 1.165) is 44.7 Å². The number of hydrogen-bond donors (Lipinski definition) is 1. The summed E-state index contributed by atoms with van der Waals surface area (Å²) in [5.41, 5.74) is 2.61. The summed E-state index contributed by atoms with van der Waals surface area (Å²) in [5.74, 6) is 0.0357. The summed E-state index contributed by atoms with van der Waals surface area (Å²) < 4.78 is 36.9. The number of carbonyl (C=O) groups excluding carboxylic acids is 1. The van der Waals surface area contributed by atoms with Crippen LogP contribution in [0, 0.1) is 0 Å². The van der Waals surface area contributed by atoms with Crippen LogP contribution >= 0.6 is 0 Å². The fraction of sp³-hybridized carbons (Fsp3) is 0.409. The second-order valence-corrected chi connectivity index (χ2v) is 9.70. The third-order valence-corrected chi connectivity index (χ3v) is 6.54. The summed E-state index contributed by atoms with van der Waals surface area (Å²) in [4.78, 5) is 15.1. The molecule has 2 aromatic carbocycles. The SMILES string of the molecule is CS(=O)(=O)N1CC(C(=O)NCc2cccc(CN3CCOCC3)c2)Oc2ccccc21. The molecule has 0 saturated carbocycles. The maximum atomic E-state index is 12.8. The molecule has 1 fully saturated rings. The number of benzene rings is 2. The zero-order chi connectivity index (χ0) is 21.8. The van der Waals surface area contributed by atoms with E-state index in [4.69, 9.17) is 9.47 Å². The lowest BCUT2D eigenvalue weighted by molar-refractivity contribution is -0.127. The molecule has 0 aromatic heterocycles. The average Bonchev–Trinajstić information content (AvgIpc) is 2.77. The minimum absolute atomic E-state index is 0.0568. The van der Waals surface area contributed by atoms with Crippen LogP contribution in [-0.2, 0) is 32.6 Å². The third kappa shape index (κ3) is 5.36. The van der Waals surface area contributed by atoms with Gasteiger partial charge in [-0.2, -0.15) is 0 Å². The number of nitrogens with zero attached hydrogens (tertiary/aromatic N) is 2. The number of amides is 1. The largest absolute Gasteiger partial charge is 0.476 e. The van der Waals surface area contributed by atoms with E-state index in [1.807, 2.05) is 12.1 Å². The Morgan fingerprint density at radius 3 is 2.61 bits per heavy atom. The van der Waals surface area contributed by atoms with Gasteiger partial charge in [-0.05, 0) is 23.3 Å². The highest BCUT2D eigenvalue weighted by atomic mass is 32.2. The van der Waals surface area contributed by atoms with Gasteiger partial charge in [0, 0.05) is 26.2 Å². The minimum atomic E-state index is -3.53. The molecule has 2 aromatic rings. The monoisotopic (exact) mass is 445 g/mol. The van der Waals surface area contributed by atoms with E-state index in [0.29, 0.717) is 18.0 Å². The second-order valence-electron chi connectivity index (χ2n) is 7.79. The Morgan fingerprint density at radius 2 is 1.84 bits per heavy atom. The van der Waals surface area contributed by atoms with Gasteiger partial charge < -0.3 is 14.8 Å². The fourth-order valence-corrected chi connectivity index (χ4v) is 4.73. The summed E-state index contributed by atoms with van der Waals surface area (Å²) in [5, 5.41) is 2.88. The molecule has 1 saturated heterocycles. The Hall–Kier alpha value is -2.62. The number of rotatable bonds is 6. The number of anilines is 1. The van der Waals surface area contributed by atoms with Crippen molar-refractivity contribution in [2.24, 2.45) is 0 Å². The summed E-state index contributed by atoms with van der Waals surface area (Å²) in [6, 6.07) is 14.9. The first-order valence-corrected chi connectivity index (χ1v) is 12.1.